The van der Waals surface area contributed by atoms with E-state index in [1.165, 1.54) is 12.1 Å². The van der Waals surface area contributed by atoms with Crippen molar-refractivity contribution in [1.29, 1.82) is 0 Å². The molecule has 0 spiro atoms. The molecule has 0 unspecified atom stereocenters. The Morgan fingerprint density at radius 1 is 1.03 bits per heavy atom. The van der Waals surface area contributed by atoms with Crippen LogP contribution in [0, 0.1) is 19.7 Å². The van der Waals surface area contributed by atoms with Gasteiger partial charge in [-0.15, -0.1) is 0 Å². The van der Waals surface area contributed by atoms with Crippen LogP contribution in [0.4, 0.5) is 10.1 Å². The Bertz CT molecular complexity index is 1290. The van der Waals surface area contributed by atoms with Crippen LogP contribution in [0.3, 0.4) is 0 Å². The number of aromatic nitrogens is 2. The van der Waals surface area contributed by atoms with E-state index in [9.17, 15) is 9.18 Å². The van der Waals surface area contributed by atoms with Crippen LogP contribution in [0.15, 0.2) is 72.8 Å². The van der Waals surface area contributed by atoms with Gasteiger partial charge >= 0.3 is 0 Å². The number of carbonyl (C=O) groups excluding carboxylic acids is 1. The first-order chi connectivity index (χ1) is 15.9. The van der Waals surface area contributed by atoms with Gasteiger partial charge in [0.2, 0.25) is 0 Å². The molecule has 1 aromatic heterocycles. The molecule has 0 aliphatic heterocycles. The molecule has 0 bridgehead atoms. The van der Waals surface area contributed by atoms with Crippen LogP contribution in [0.5, 0.6) is 5.75 Å². The average molecular weight is 464 g/mol. The highest BCUT2D eigenvalue weighted by Crippen LogP contribution is 2.22. The lowest BCUT2D eigenvalue weighted by atomic mass is 10.1. The topological polar surface area (TPSA) is 56.2 Å². The summed E-state index contributed by atoms with van der Waals surface area (Å²) in [6.45, 7) is 4.45. The zero-order valence-corrected chi connectivity index (χ0v) is 19.1. The molecule has 4 aromatic rings. The van der Waals surface area contributed by atoms with Crippen molar-refractivity contribution >= 4 is 23.2 Å². The second-order valence-electron chi connectivity index (χ2n) is 7.73. The maximum atomic E-state index is 13.5. The maximum Gasteiger partial charge on any atom is 0.255 e. The van der Waals surface area contributed by atoms with Crippen molar-refractivity contribution in [3.05, 3.63) is 112 Å². The molecule has 4 rings (SSSR count). The van der Waals surface area contributed by atoms with Crippen LogP contribution < -0.4 is 10.1 Å². The van der Waals surface area contributed by atoms with Crippen LogP contribution in [-0.2, 0) is 13.2 Å². The lowest BCUT2D eigenvalue weighted by molar-refractivity contribution is 0.102. The number of ether oxygens (including phenoxy) is 1. The predicted octanol–water partition coefficient (Wildman–Crippen LogP) is 6.17. The average Bonchev–Trinajstić information content (AvgIpc) is 3.06. The Morgan fingerprint density at radius 2 is 1.76 bits per heavy atom. The minimum absolute atomic E-state index is 0.236. The number of hydrogen-bond acceptors (Lipinski definition) is 3. The first-order valence-electron chi connectivity index (χ1n) is 10.5. The third-order valence-electron chi connectivity index (χ3n) is 5.25. The fraction of sp³-hybridized carbons (Fsp3) is 0.154. The molecule has 3 aromatic carbocycles. The number of nitrogens with one attached hydrogen (secondary N) is 1. The molecule has 0 aliphatic rings. The van der Waals surface area contributed by atoms with Crippen LogP contribution in [-0.4, -0.2) is 15.7 Å². The molecule has 0 aliphatic carbocycles. The minimum atomic E-state index is -0.289. The number of aryl methyl sites for hydroxylation is 1. The van der Waals surface area contributed by atoms with Crippen molar-refractivity contribution < 1.29 is 13.9 Å². The summed E-state index contributed by atoms with van der Waals surface area (Å²) in [6, 6.07) is 20.8. The molecule has 33 heavy (non-hydrogen) atoms. The van der Waals surface area contributed by atoms with Crippen molar-refractivity contribution in [2.24, 2.45) is 0 Å². The zero-order valence-electron chi connectivity index (χ0n) is 18.3. The molecule has 1 amide bonds. The monoisotopic (exact) mass is 463 g/mol. The van der Waals surface area contributed by atoms with Crippen molar-refractivity contribution in [3.8, 4) is 5.75 Å². The fourth-order valence-electron chi connectivity index (χ4n) is 3.53. The number of rotatable bonds is 7. The number of nitrogens with zero attached hydrogens (tertiary/aromatic N) is 2. The van der Waals surface area contributed by atoms with Crippen LogP contribution in [0.1, 0.15) is 32.9 Å². The lowest BCUT2D eigenvalue weighted by Crippen LogP contribution is -2.14. The molecule has 1 N–H and O–H groups in total. The predicted molar refractivity (Wildman–Crippen MR) is 127 cm³/mol. The van der Waals surface area contributed by atoms with Crippen molar-refractivity contribution in [2.75, 3.05) is 5.32 Å². The fourth-order valence-corrected chi connectivity index (χ4v) is 3.65. The van der Waals surface area contributed by atoms with Gasteiger partial charge in [-0.3, -0.25) is 9.48 Å². The molecule has 0 atom stereocenters. The van der Waals surface area contributed by atoms with Gasteiger partial charge in [0.05, 0.1) is 23.6 Å². The third kappa shape index (κ3) is 5.59. The summed E-state index contributed by atoms with van der Waals surface area (Å²) in [5.74, 6) is 0.175. The first-order valence-corrected chi connectivity index (χ1v) is 10.8. The molecule has 168 valence electrons. The zero-order chi connectivity index (χ0) is 23.4. The molecule has 0 saturated heterocycles. The smallest absolute Gasteiger partial charge is 0.255 e. The van der Waals surface area contributed by atoms with Crippen molar-refractivity contribution in [2.45, 2.75) is 27.0 Å². The van der Waals surface area contributed by atoms with Crippen molar-refractivity contribution in [1.82, 2.24) is 9.78 Å². The molecule has 0 radical (unpaired) electrons. The Morgan fingerprint density at radius 3 is 2.52 bits per heavy atom. The summed E-state index contributed by atoms with van der Waals surface area (Å²) in [7, 11) is 0. The van der Waals surface area contributed by atoms with Gasteiger partial charge < -0.3 is 10.1 Å². The number of hydrogen-bond donors (Lipinski definition) is 1. The number of anilines is 1. The summed E-state index contributed by atoms with van der Waals surface area (Å²) in [5.41, 5.74) is 4.33. The van der Waals surface area contributed by atoms with Crippen LogP contribution in [0.25, 0.3) is 0 Å². The van der Waals surface area contributed by atoms with Crippen LogP contribution in [0.2, 0.25) is 5.02 Å². The molecular weight excluding hydrogens is 441 g/mol. The number of benzene rings is 3. The largest absolute Gasteiger partial charge is 0.489 e. The van der Waals surface area contributed by atoms with E-state index in [0.29, 0.717) is 40.9 Å². The standard InChI is InChI=1S/C26H23ClFN3O2/c1-17-25(18(2)31(30-17)15-19-5-4-8-23(28)14-19)29-26(32)21-7-3-6-20(13-21)16-33-24-11-9-22(27)10-12-24/h3-14H,15-16H2,1-2H3,(H,29,32). The van der Waals surface area contributed by atoms with Crippen molar-refractivity contribution in [3.63, 3.8) is 0 Å². The second kappa shape index (κ2) is 9.88. The third-order valence-corrected chi connectivity index (χ3v) is 5.50. The second-order valence-corrected chi connectivity index (χ2v) is 8.17. The Balaban J connectivity index is 1.45. The number of amides is 1. The van der Waals surface area contributed by atoms with E-state index in [0.717, 1.165) is 16.8 Å². The van der Waals surface area contributed by atoms with Gasteiger partial charge in [-0.1, -0.05) is 35.9 Å². The Hall–Kier alpha value is -3.64. The summed E-state index contributed by atoms with van der Waals surface area (Å²) >= 11 is 5.90. The summed E-state index contributed by atoms with van der Waals surface area (Å²) < 4.78 is 21.0. The summed E-state index contributed by atoms with van der Waals surface area (Å²) in [6.07, 6.45) is 0. The normalized spacial score (nSPS) is 10.8. The summed E-state index contributed by atoms with van der Waals surface area (Å²) in [5, 5.41) is 8.13. The van der Waals surface area contributed by atoms with Gasteiger partial charge in [0.1, 0.15) is 18.2 Å². The van der Waals surface area contributed by atoms with E-state index in [1.807, 2.05) is 32.0 Å². The van der Waals surface area contributed by atoms with Crippen LogP contribution >= 0.6 is 11.6 Å². The first kappa shape index (κ1) is 22.6. The highest BCUT2D eigenvalue weighted by molar-refractivity contribution is 6.30. The molecule has 5 nitrogen and oxygen atoms in total. The van der Waals surface area contributed by atoms with E-state index < -0.39 is 0 Å². The molecule has 0 fully saturated rings. The molecule has 7 heteroatoms. The lowest BCUT2D eigenvalue weighted by Gasteiger charge is -2.10. The van der Waals surface area contributed by atoms with Gasteiger partial charge in [-0.05, 0) is 73.5 Å². The minimum Gasteiger partial charge on any atom is -0.489 e. The van der Waals surface area contributed by atoms with E-state index in [1.54, 1.807) is 47.1 Å². The number of halogens is 2. The van der Waals surface area contributed by atoms with E-state index >= 15 is 0 Å². The van der Waals surface area contributed by atoms with Gasteiger partial charge in [0.25, 0.3) is 5.91 Å². The number of carbonyl (C=O) groups is 1. The van der Waals surface area contributed by atoms with Gasteiger partial charge in [-0.2, -0.15) is 5.10 Å². The van der Waals surface area contributed by atoms with Gasteiger partial charge in [0.15, 0.2) is 0 Å². The maximum absolute atomic E-state index is 13.5. The van der Waals surface area contributed by atoms with E-state index in [4.69, 9.17) is 16.3 Å². The molecule has 0 saturated carbocycles. The highest BCUT2D eigenvalue weighted by atomic mass is 35.5. The van der Waals surface area contributed by atoms with Gasteiger partial charge in [-0.25, -0.2) is 4.39 Å². The summed E-state index contributed by atoms with van der Waals surface area (Å²) in [4.78, 5) is 12.9. The quantitative estimate of drug-likeness (QED) is 0.356. The Kier molecular flexibility index (Phi) is 6.75. The Labute approximate surface area is 196 Å². The van der Waals surface area contributed by atoms with E-state index in [-0.39, 0.29) is 11.7 Å². The molecular formula is C26H23ClFN3O2. The van der Waals surface area contributed by atoms with E-state index in [2.05, 4.69) is 10.4 Å². The van der Waals surface area contributed by atoms with Gasteiger partial charge in [0, 0.05) is 10.6 Å². The highest BCUT2D eigenvalue weighted by Gasteiger charge is 2.16. The molecule has 1 heterocycles. The SMILES string of the molecule is Cc1nn(Cc2cccc(F)c2)c(C)c1NC(=O)c1cccc(COc2ccc(Cl)cc2)c1.